The van der Waals surface area contributed by atoms with Crippen molar-refractivity contribution < 1.29 is 18.6 Å². The van der Waals surface area contributed by atoms with Crippen LogP contribution in [0.3, 0.4) is 0 Å². The van der Waals surface area contributed by atoms with Crippen LogP contribution in [-0.2, 0) is 6.18 Å². The van der Waals surface area contributed by atoms with E-state index in [1.54, 1.807) is 18.5 Å². The maximum atomic E-state index is 13.1. The van der Waals surface area contributed by atoms with E-state index in [4.69, 9.17) is 11.1 Å². The maximum Gasteiger partial charge on any atom is 0.434 e. The Balaban J connectivity index is 1.68. The van der Waals surface area contributed by atoms with Crippen molar-refractivity contribution in [3.05, 3.63) is 47.8 Å². The van der Waals surface area contributed by atoms with Crippen LogP contribution in [0.4, 0.5) is 19.0 Å². The van der Waals surface area contributed by atoms with Crippen LogP contribution < -0.4 is 16.0 Å². The zero-order valence-electron chi connectivity index (χ0n) is 16.8. The van der Waals surface area contributed by atoms with Crippen molar-refractivity contribution in [2.45, 2.75) is 25.9 Å². The molecule has 4 heterocycles. The molecule has 0 bridgehead atoms. The highest BCUT2D eigenvalue weighted by molar-refractivity contribution is 5.75. The van der Waals surface area contributed by atoms with Gasteiger partial charge in [-0.05, 0) is 25.8 Å². The molecule has 0 spiro atoms. The van der Waals surface area contributed by atoms with Crippen molar-refractivity contribution in [3.63, 3.8) is 0 Å². The van der Waals surface area contributed by atoms with E-state index in [0.29, 0.717) is 23.8 Å². The molecule has 4 N–H and O–H groups in total. The number of rotatable bonds is 4. The zero-order valence-corrected chi connectivity index (χ0v) is 16.8. The minimum Gasteiger partial charge on any atom is -0.402 e. The van der Waals surface area contributed by atoms with E-state index in [2.05, 4.69) is 24.8 Å². The molecule has 3 aromatic heterocycles. The van der Waals surface area contributed by atoms with Gasteiger partial charge in [-0.15, -0.1) is 0 Å². The molecule has 4 rings (SSSR count). The summed E-state index contributed by atoms with van der Waals surface area (Å²) in [5, 5.41) is 5.77. The van der Waals surface area contributed by atoms with E-state index in [1.165, 1.54) is 10.6 Å². The summed E-state index contributed by atoms with van der Waals surface area (Å²) < 4.78 is 40.6. The van der Waals surface area contributed by atoms with E-state index in [9.17, 15) is 13.2 Å². The van der Waals surface area contributed by atoms with Gasteiger partial charge in [-0.1, -0.05) is 0 Å². The molecule has 1 aliphatic heterocycles. The monoisotopic (exact) mass is 431 g/mol. The fraction of sp³-hybridized carbons (Fsp3) is 0.350. The van der Waals surface area contributed by atoms with Gasteiger partial charge in [0.05, 0.1) is 12.4 Å². The highest BCUT2D eigenvalue weighted by Gasteiger charge is 2.33. The lowest BCUT2D eigenvalue weighted by Gasteiger charge is -2.33. The Labute approximate surface area is 176 Å². The zero-order chi connectivity index (χ0) is 22.2. The van der Waals surface area contributed by atoms with Crippen molar-refractivity contribution >= 4 is 17.7 Å². The number of hydrogen-bond acceptors (Lipinski definition) is 6. The Hall–Kier alpha value is -3.50. The van der Waals surface area contributed by atoms with Gasteiger partial charge in [0.25, 0.3) is 0 Å². The van der Waals surface area contributed by atoms with Crippen molar-refractivity contribution in [2.75, 3.05) is 18.0 Å². The molecular formula is C20H22F3N8+. The Kier molecular flexibility index (Phi) is 5.34. The maximum absolute atomic E-state index is 13.1. The molecule has 3 aromatic rings. The molecule has 1 unspecified atom stereocenters. The summed E-state index contributed by atoms with van der Waals surface area (Å²) in [7, 11) is 0. The highest BCUT2D eigenvalue weighted by Crippen LogP contribution is 2.30. The number of alkyl halides is 3. The van der Waals surface area contributed by atoms with Crippen LogP contribution in [0.1, 0.15) is 25.5 Å². The third-order valence-electron chi connectivity index (χ3n) is 5.38. The van der Waals surface area contributed by atoms with E-state index in [1.807, 2.05) is 6.92 Å². The van der Waals surface area contributed by atoms with Crippen LogP contribution >= 0.6 is 0 Å². The van der Waals surface area contributed by atoms with Crippen LogP contribution in [0.5, 0.6) is 0 Å². The number of halogens is 3. The SMILES string of the molecule is C/C(N)=C(/C=[NH2+])C1CCCN(c2ccnc(-c3cnc4cnc(C(F)(F)F)cn34)n2)C1. The van der Waals surface area contributed by atoms with Crippen molar-refractivity contribution in [1.82, 2.24) is 24.3 Å². The van der Waals surface area contributed by atoms with Crippen LogP contribution in [0.2, 0.25) is 0 Å². The number of nitrogens with two attached hydrogens (primary N) is 2. The summed E-state index contributed by atoms with van der Waals surface area (Å²) in [5.41, 5.74) is 7.21. The molecule has 0 aromatic carbocycles. The van der Waals surface area contributed by atoms with Crippen molar-refractivity contribution in [3.8, 4) is 11.5 Å². The van der Waals surface area contributed by atoms with Gasteiger partial charge in [0.1, 0.15) is 11.5 Å². The summed E-state index contributed by atoms with van der Waals surface area (Å²) in [6.45, 7) is 3.31. The number of allylic oxidation sites excluding steroid dienone is 1. The normalized spacial score (nSPS) is 18.2. The first-order valence-electron chi connectivity index (χ1n) is 9.77. The standard InChI is InChI=1S/C20H21F3N8/c1-12(25)14(7-24)13-3-2-6-30(10-13)17-4-5-26-19(29-17)15-8-28-18-9-27-16(11-31(15)18)20(21,22)23/h4-5,7-9,11,13,24H,2-3,6,10,25H2,1H3/p+1/b14-12+,24-7?. The number of fused-ring (bicyclic) bond motifs is 1. The van der Waals surface area contributed by atoms with Crippen LogP contribution in [0, 0.1) is 5.92 Å². The van der Waals surface area contributed by atoms with Crippen LogP contribution in [-0.4, -0.2) is 43.6 Å². The van der Waals surface area contributed by atoms with E-state index < -0.39 is 11.9 Å². The molecule has 0 radical (unpaired) electrons. The number of piperidine rings is 1. The quantitative estimate of drug-likeness (QED) is 0.606. The van der Waals surface area contributed by atoms with Gasteiger partial charge in [0, 0.05) is 42.7 Å². The molecule has 162 valence electrons. The lowest BCUT2D eigenvalue weighted by Crippen LogP contribution is -2.40. The van der Waals surface area contributed by atoms with Gasteiger partial charge in [0.15, 0.2) is 23.4 Å². The fourth-order valence-electron chi connectivity index (χ4n) is 3.88. The summed E-state index contributed by atoms with van der Waals surface area (Å²) >= 11 is 0. The molecule has 1 aliphatic rings. The average Bonchev–Trinajstić information content (AvgIpc) is 3.17. The first-order valence-corrected chi connectivity index (χ1v) is 9.77. The molecular weight excluding hydrogens is 409 g/mol. The van der Waals surface area contributed by atoms with E-state index in [0.717, 1.165) is 37.4 Å². The molecule has 0 saturated carbocycles. The number of aromatic nitrogens is 5. The summed E-state index contributed by atoms with van der Waals surface area (Å²) in [6.07, 6.45) is 3.91. The van der Waals surface area contributed by atoms with Crippen molar-refractivity contribution in [2.24, 2.45) is 11.7 Å². The molecule has 1 fully saturated rings. The fourth-order valence-corrected chi connectivity index (χ4v) is 3.88. The second-order valence-corrected chi connectivity index (χ2v) is 7.47. The Morgan fingerprint density at radius 2 is 2.06 bits per heavy atom. The molecule has 8 nitrogen and oxygen atoms in total. The van der Waals surface area contributed by atoms with E-state index in [-0.39, 0.29) is 17.4 Å². The second kappa shape index (κ2) is 7.97. The average molecular weight is 431 g/mol. The van der Waals surface area contributed by atoms with Crippen molar-refractivity contribution in [1.29, 1.82) is 0 Å². The largest absolute Gasteiger partial charge is 0.434 e. The first kappa shape index (κ1) is 20.8. The number of hydrogen-bond donors (Lipinski definition) is 2. The Morgan fingerprint density at radius 3 is 2.77 bits per heavy atom. The first-order chi connectivity index (χ1) is 14.8. The minimum absolute atomic E-state index is 0.179. The molecule has 11 heteroatoms. The van der Waals surface area contributed by atoms with Gasteiger partial charge < -0.3 is 10.6 Å². The minimum atomic E-state index is -4.56. The molecule has 1 saturated heterocycles. The lowest BCUT2D eigenvalue weighted by molar-refractivity contribution is -0.141. The van der Waals surface area contributed by atoms with Crippen LogP contribution in [0.15, 0.2) is 42.1 Å². The number of nitrogens with zero attached hydrogens (tertiary/aromatic N) is 6. The smallest absolute Gasteiger partial charge is 0.402 e. The Morgan fingerprint density at radius 1 is 1.26 bits per heavy atom. The second-order valence-electron chi connectivity index (χ2n) is 7.47. The lowest BCUT2D eigenvalue weighted by atomic mass is 9.90. The summed E-state index contributed by atoms with van der Waals surface area (Å²) in [5.74, 6) is 1.14. The van der Waals surface area contributed by atoms with E-state index >= 15 is 0 Å². The summed E-state index contributed by atoms with van der Waals surface area (Å²) in [6, 6.07) is 1.78. The number of imidazole rings is 1. The predicted molar refractivity (Wildman–Crippen MR) is 109 cm³/mol. The highest BCUT2D eigenvalue weighted by atomic mass is 19.4. The third kappa shape index (κ3) is 4.07. The van der Waals surface area contributed by atoms with Crippen LogP contribution in [0.25, 0.3) is 17.2 Å². The molecule has 0 amide bonds. The van der Waals surface area contributed by atoms with Gasteiger partial charge in [-0.2, -0.15) is 13.2 Å². The van der Waals surface area contributed by atoms with Gasteiger partial charge in [-0.25, -0.2) is 19.9 Å². The van der Waals surface area contributed by atoms with Gasteiger partial charge in [0.2, 0.25) is 0 Å². The van der Waals surface area contributed by atoms with Gasteiger partial charge >= 0.3 is 6.18 Å². The van der Waals surface area contributed by atoms with Gasteiger partial charge in [-0.3, -0.25) is 9.81 Å². The summed E-state index contributed by atoms with van der Waals surface area (Å²) in [4.78, 5) is 18.5. The Bertz CT molecular complexity index is 1150. The number of anilines is 1. The molecule has 1 atom stereocenters. The predicted octanol–water partition coefficient (Wildman–Crippen LogP) is 1.48. The molecule has 0 aliphatic carbocycles. The third-order valence-corrected chi connectivity index (χ3v) is 5.38. The topological polar surface area (TPSA) is 111 Å². The molecule has 31 heavy (non-hydrogen) atoms.